The Kier molecular flexibility index (Phi) is 4.68. The summed E-state index contributed by atoms with van der Waals surface area (Å²) in [6.07, 6.45) is 4.15. The fourth-order valence-corrected chi connectivity index (χ4v) is 3.56. The van der Waals surface area contributed by atoms with Crippen molar-refractivity contribution in [1.29, 1.82) is 0 Å². The molecule has 0 amide bonds. The van der Waals surface area contributed by atoms with E-state index >= 15 is 0 Å². The molecule has 25 heavy (non-hydrogen) atoms. The molecule has 1 heterocycles. The van der Waals surface area contributed by atoms with E-state index in [2.05, 4.69) is 99.8 Å². The number of nitrogens with one attached hydrogen (secondary N) is 1. The summed E-state index contributed by atoms with van der Waals surface area (Å²) in [5.74, 6) is 0. The number of halogens is 2. The number of rotatable bonds is 3. The van der Waals surface area contributed by atoms with E-state index in [0.29, 0.717) is 0 Å². The molecule has 4 heteroatoms. The van der Waals surface area contributed by atoms with Crippen LogP contribution < -0.4 is 10.4 Å². The van der Waals surface area contributed by atoms with E-state index in [0.717, 1.165) is 10.7 Å². The number of hydrazine groups is 1. The molecule has 1 aliphatic rings. The lowest BCUT2D eigenvalue weighted by Gasteiger charge is -2.29. The van der Waals surface area contributed by atoms with Crippen molar-refractivity contribution in [3.63, 3.8) is 0 Å². The van der Waals surface area contributed by atoms with Crippen molar-refractivity contribution in [2.75, 3.05) is 5.01 Å². The molecular weight excluding hydrogens is 443 g/mol. The zero-order valence-electron chi connectivity index (χ0n) is 13.4. The molecule has 0 bridgehead atoms. The minimum atomic E-state index is 0.127. The van der Waals surface area contributed by atoms with Gasteiger partial charge in [-0.05, 0) is 70.1 Å². The van der Waals surface area contributed by atoms with Gasteiger partial charge in [0.05, 0.1) is 11.7 Å². The highest BCUT2D eigenvalue weighted by molar-refractivity contribution is 14.1. The van der Waals surface area contributed by atoms with Crippen LogP contribution in [-0.4, -0.2) is 0 Å². The number of hydrogen-bond donors (Lipinski definition) is 1. The van der Waals surface area contributed by atoms with Crippen LogP contribution in [0, 0.1) is 3.57 Å². The van der Waals surface area contributed by atoms with E-state index in [4.69, 9.17) is 11.6 Å². The average molecular weight is 459 g/mol. The van der Waals surface area contributed by atoms with Crippen LogP contribution >= 0.6 is 34.2 Å². The summed E-state index contributed by atoms with van der Waals surface area (Å²) in [7, 11) is 0. The molecule has 0 spiro atoms. The predicted octanol–water partition coefficient (Wildman–Crippen LogP) is 6.19. The highest BCUT2D eigenvalue weighted by Gasteiger charge is 2.24. The third-order valence-electron chi connectivity index (χ3n) is 4.30. The summed E-state index contributed by atoms with van der Waals surface area (Å²) in [5, 5.41) is 2.95. The lowest BCUT2D eigenvalue weighted by molar-refractivity contribution is 0.719. The van der Waals surface area contributed by atoms with E-state index < -0.39 is 0 Å². The number of anilines is 1. The van der Waals surface area contributed by atoms with Crippen LogP contribution in [0.3, 0.4) is 0 Å². The van der Waals surface area contributed by atoms with Gasteiger partial charge in [-0.25, -0.2) is 0 Å². The zero-order chi connectivity index (χ0) is 17.2. The third kappa shape index (κ3) is 3.39. The quantitative estimate of drug-likeness (QED) is 0.471. The lowest BCUT2D eigenvalue weighted by atomic mass is 10.0. The van der Waals surface area contributed by atoms with E-state index in [1.807, 2.05) is 18.3 Å². The molecule has 1 aliphatic heterocycles. The maximum atomic E-state index is 6.04. The van der Waals surface area contributed by atoms with E-state index in [1.54, 1.807) is 0 Å². The van der Waals surface area contributed by atoms with Crippen LogP contribution in [0.5, 0.6) is 0 Å². The Morgan fingerprint density at radius 2 is 1.60 bits per heavy atom. The standard InChI is InChI=1S/C21H16ClIN2/c22-17-9-5-16(6-10-17)20-13-14-24-25(20)21-4-2-1-3-19(21)15-7-11-18(23)12-8-15/h1-14,20,24H. The van der Waals surface area contributed by atoms with Crippen LogP contribution in [0.25, 0.3) is 11.1 Å². The van der Waals surface area contributed by atoms with Gasteiger partial charge < -0.3 is 5.43 Å². The molecule has 124 valence electrons. The van der Waals surface area contributed by atoms with Crippen LogP contribution in [-0.2, 0) is 0 Å². The van der Waals surface area contributed by atoms with Gasteiger partial charge in [0.2, 0.25) is 0 Å². The van der Waals surface area contributed by atoms with Gasteiger partial charge >= 0.3 is 0 Å². The number of benzene rings is 3. The Hall–Kier alpha value is -1.98. The van der Waals surface area contributed by atoms with E-state index in [1.165, 1.54) is 20.3 Å². The van der Waals surface area contributed by atoms with Gasteiger partial charge in [0.15, 0.2) is 0 Å². The van der Waals surface area contributed by atoms with Crippen molar-refractivity contribution in [2.24, 2.45) is 0 Å². The van der Waals surface area contributed by atoms with Gasteiger partial charge in [-0.2, -0.15) is 0 Å². The first-order valence-electron chi connectivity index (χ1n) is 8.05. The number of para-hydroxylation sites is 1. The zero-order valence-corrected chi connectivity index (χ0v) is 16.3. The normalized spacial score (nSPS) is 16.1. The number of hydrogen-bond acceptors (Lipinski definition) is 2. The van der Waals surface area contributed by atoms with Crippen molar-refractivity contribution >= 4 is 39.9 Å². The summed E-state index contributed by atoms with van der Waals surface area (Å²) < 4.78 is 1.24. The summed E-state index contributed by atoms with van der Waals surface area (Å²) in [5.41, 5.74) is 8.13. The van der Waals surface area contributed by atoms with Crippen LogP contribution in [0.1, 0.15) is 11.6 Å². The molecule has 4 rings (SSSR count). The summed E-state index contributed by atoms with van der Waals surface area (Å²) in [6, 6.07) is 25.2. The Morgan fingerprint density at radius 1 is 0.880 bits per heavy atom. The molecule has 3 aromatic carbocycles. The fraction of sp³-hybridized carbons (Fsp3) is 0.0476. The van der Waals surface area contributed by atoms with Gasteiger partial charge in [-0.1, -0.05) is 54.1 Å². The molecule has 0 saturated heterocycles. The summed E-state index contributed by atoms with van der Waals surface area (Å²) >= 11 is 8.37. The van der Waals surface area contributed by atoms with Crippen LogP contribution in [0.15, 0.2) is 85.1 Å². The van der Waals surface area contributed by atoms with Gasteiger partial charge in [0.1, 0.15) is 0 Å². The van der Waals surface area contributed by atoms with Gasteiger partial charge in [-0.15, -0.1) is 0 Å². The Bertz CT molecular complexity index is 904. The van der Waals surface area contributed by atoms with Gasteiger partial charge in [0, 0.05) is 20.4 Å². The summed E-state index contributed by atoms with van der Waals surface area (Å²) in [4.78, 5) is 0. The van der Waals surface area contributed by atoms with Gasteiger partial charge in [0.25, 0.3) is 0 Å². The first-order valence-corrected chi connectivity index (χ1v) is 9.50. The van der Waals surface area contributed by atoms with Gasteiger partial charge in [-0.3, -0.25) is 5.01 Å². The Balaban J connectivity index is 1.74. The second-order valence-corrected chi connectivity index (χ2v) is 7.56. The molecule has 1 unspecified atom stereocenters. The maximum absolute atomic E-state index is 6.04. The van der Waals surface area contributed by atoms with Crippen molar-refractivity contribution in [3.05, 3.63) is 99.2 Å². The molecule has 0 fully saturated rings. The van der Waals surface area contributed by atoms with E-state index in [9.17, 15) is 0 Å². The SMILES string of the molecule is Clc1ccc(C2C=CNN2c2ccccc2-c2ccc(I)cc2)cc1. The van der Waals surface area contributed by atoms with Crippen molar-refractivity contribution < 1.29 is 0 Å². The van der Waals surface area contributed by atoms with Crippen molar-refractivity contribution in [2.45, 2.75) is 6.04 Å². The maximum Gasteiger partial charge on any atom is 0.0952 e. The molecule has 0 saturated carbocycles. The smallest absolute Gasteiger partial charge is 0.0952 e. The molecule has 0 aliphatic carbocycles. The molecule has 3 aromatic rings. The fourth-order valence-electron chi connectivity index (χ4n) is 3.08. The summed E-state index contributed by atoms with van der Waals surface area (Å²) in [6.45, 7) is 0. The molecule has 2 nitrogen and oxygen atoms in total. The molecule has 1 N–H and O–H groups in total. The predicted molar refractivity (Wildman–Crippen MR) is 114 cm³/mol. The first kappa shape index (κ1) is 16.5. The van der Waals surface area contributed by atoms with Crippen molar-refractivity contribution in [3.8, 4) is 11.1 Å². The number of nitrogens with zero attached hydrogens (tertiary/aromatic N) is 1. The monoisotopic (exact) mass is 458 g/mol. The van der Waals surface area contributed by atoms with Crippen LogP contribution in [0.4, 0.5) is 5.69 Å². The molecular formula is C21H16ClIN2. The largest absolute Gasteiger partial charge is 0.305 e. The minimum Gasteiger partial charge on any atom is -0.305 e. The second-order valence-electron chi connectivity index (χ2n) is 5.88. The Labute approximate surface area is 166 Å². The third-order valence-corrected chi connectivity index (χ3v) is 5.27. The second kappa shape index (κ2) is 7.10. The lowest BCUT2D eigenvalue weighted by Crippen LogP contribution is -2.32. The van der Waals surface area contributed by atoms with Crippen molar-refractivity contribution in [1.82, 2.24) is 5.43 Å². The molecule has 0 aromatic heterocycles. The average Bonchev–Trinajstić information content (AvgIpc) is 3.13. The molecule has 0 radical (unpaired) electrons. The molecule has 1 atom stereocenters. The Morgan fingerprint density at radius 3 is 2.36 bits per heavy atom. The minimum absolute atomic E-state index is 0.127. The van der Waals surface area contributed by atoms with E-state index in [-0.39, 0.29) is 6.04 Å². The first-order chi connectivity index (χ1) is 12.2. The topological polar surface area (TPSA) is 15.3 Å². The highest BCUT2D eigenvalue weighted by atomic mass is 127. The highest BCUT2D eigenvalue weighted by Crippen LogP contribution is 2.37. The van der Waals surface area contributed by atoms with Crippen LogP contribution in [0.2, 0.25) is 5.02 Å².